The minimum Gasteiger partial charge on any atom is -0.383 e. The summed E-state index contributed by atoms with van der Waals surface area (Å²) in [4.78, 5) is 0.664. The molecule has 0 bridgehead atoms. The number of thiophene rings is 1. The lowest BCUT2D eigenvalue weighted by molar-refractivity contribution is 0.218. The van der Waals surface area contributed by atoms with E-state index in [0.717, 1.165) is 11.1 Å². The summed E-state index contributed by atoms with van der Waals surface area (Å²) in [6.45, 7) is 3.73. The van der Waals surface area contributed by atoms with E-state index in [1.807, 2.05) is 13.8 Å². The summed E-state index contributed by atoms with van der Waals surface area (Å²) >= 11 is 7.23. The Kier molecular flexibility index (Phi) is 3.52. The Labute approximate surface area is 108 Å². The van der Waals surface area contributed by atoms with Gasteiger partial charge in [-0.05, 0) is 31.5 Å². The van der Waals surface area contributed by atoms with E-state index >= 15 is 0 Å². The highest BCUT2D eigenvalue weighted by atomic mass is 35.5. The summed E-state index contributed by atoms with van der Waals surface area (Å²) in [6, 6.07) is 6.50. The molecule has 2 aromatic rings. The van der Waals surface area contributed by atoms with Gasteiger partial charge in [0.1, 0.15) is 11.9 Å². The van der Waals surface area contributed by atoms with E-state index in [1.54, 1.807) is 18.2 Å². The fraction of sp³-hybridized carbons (Fsp3) is 0.231. The first-order valence-corrected chi connectivity index (χ1v) is 6.38. The molecule has 0 aliphatic carbocycles. The molecule has 1 aromatic heterocycles. The molecule has 1 aromatic carbocycles. The van der Waals surface area contributed by atoms with Gasteiger partial charge in [-0.15, -0.1) is 11.3 Å². The fourth-order valence-corrected chi connectivity index (χ4v) is 2.87. The van der Waals surface area contributed by atoms with Crippen LogP contribution in [0.1, 0.15) is 27.7 Å². The zero-order valence-corrected chi connectivity index (χ0v) is 11.1. The monoisotopic (exact) mass is 270 g/mol. The Bertz CT molecular complexity index is 531. The molecule has 1 unspecified atom stereocenters. The van der Waals surface area contributed by atoms with E-state index in [2.05, 4.69) is 0 Å². The van der Waals surface area contributed by atoms with E-state index in [4.69, 9.17) is 11.6 Å². The molecular formula is C13H12ClFOS. The predicted octanol–water partition coefficient (Wildman–Crippen LogP) is 4.24. The minimum atomic E-state index is -0.953. The molecule has 0 radical (unpaired) electrons. The maximum absolute atomic E-state index is 13.6. The maximum atomic E-state index is 13.6. The van der Waals surface area contributed by atoms with Gasteiger partial charge < -0.3 is 5.11 Å². The number of aliphatic hydroxyl groups excluding tert-OH is 1. The summed E-state index contributed by atoms with van der Waals surface area (Å²) < 4.78 is 14.3. The SMILES string of the molecule is Cc1ccc(F)c(C(O)c2cc(C)c(Cl)s2)c1. The van der Waals surface area contributed by atoms with Gasteiger partial charge in [0.05, 0.1) is 4.34 Å². The smallest absolute Gasteiger partial charge is 0.129 e. The van der Waals surface area contributed by atoms with Crippen molar-refractivity contribution in [3.05, 3.63) is 56.0 Å². The first-order chi connectivity index (χ1) is 7.99. The van der Waals surface area contributed by atoms with Gasteiger partial charge in [0.2, 0.25) is 0 Å². The van der Waals surface area contributed by atoms with E-state index < -0.39 is 11.9 Å². The quantitative estimate of drug-likeness (QED) is 0.865. The van der Waals surface area contributed by atoms with Crippen molar-refractivity contribution in [3.63, 3.8) is 0 Å². The average Bonchev–Trinajstić information content (AvgIpc) is 2.62. The Hall–Kier alpha value is -0.900. The zero-order valence-electron chi connectivity index (χ0n) is 9.50. The largest absolute Gasteiger partial charge is 0.383 e. The lowest BCUT2D eigenvalue weighted by atomic mass is 10.0. The van der Waals surface area contributed by atoms with Crippen LogP contribution in [0.3, 0.4) is 0 Å². The molecule has 1 atom stereocenters. The van der Waals surface area contributed by atoms with Crippen molar-refractivity contribution in [2.75, 3.05) is 0 Å². The van der Waals surface area contributed by atoms with Crippen LogP contribution >= 0.6 is 22.9 Å². The fourth-order valence-electron chi connectivity index (χ4n) is 1.64. The van der Waals surface area contributed by atoms with Crippen molar-refractivity contribution in [1.82, 2.24) is 0 Å². The number of rotatable bonds is 2. The molecule has 4 heteroatoms. The van der Waals surface area contributed by atoms with Crippen LogP contribution in [0.5, 0.6) is 0 Å². The first-order valence-electron chi connectivity index (χ1n) is 5.19. The number of hydrogen-bond acceptors (Lipinski definition) is 2. The van der Waals surface area contributed by atoms with Gasteiger partial charge in [0, 0.05) is 10.4 Å². The molecule has 0 fully saturated rings. The van der Waals surface area contributed by atoms with Gasteiger partial charge in [0.15, 0.2) is 0 Å². The van der Waals surface area contributed by atoms with Crippen LogP contribution in [0.25, 0.3) is 0 Å². The lowest BCUT2D eigenvalue weighted by Crippen LogP contribution is -2.01. The van der Waals surface area contributed by atoms with Crippen LogP contribution in [-0.4, -0.2) is 5.11 Å². The topological polar surface area (TPSA) is 20.2 Å². The third-order valence-corrected chi connectivity index (χ3v) is 4.20. The summed E-state index contributed by atoms with van der Waals surface area (Å²) in [5.74, 6) is -0.398. The van der Waals surface area contributed by atoms with Crippen LogP contribution < -0.4 is 0 Å². The van der Waals surface area contributed by atoms with Crippen molar-refractivity contribution < 1.29 is 9.50 Å². The minimum absolute atomic E-state index is 0.294. The third-order valence-electron chi connectivity index (χ3n) is 2.59. The van der Waals surface area contributed by atoms with Crippen molar-refractivity contribution in [2.45, 2.75) is 20.0 Å². The second-order valence-corrected chi connectivity index (χ2v) is 5.72. The normalized spacial score (nSPS) is 12.8. The van der Waals surface area contributed by atoms with E-state index in [9.17, 15) is 9.50 Å². The Morgan fingerprint density at radius 2 is 2.00 bits per heavy atom. The summed E-state index contributed by atoms with van der Waals surface area (Å²) in [5, 5.41) is 10.1. The summed E-state index contributed by atoms with van der Waals surface area (Å²) in [5.41, 5.74) is 2.11. The second-order valence-electron chi connectivity index (χ2n) is 4.03. The van der Waals surface area contributed by atoms with Crippen molar-refractivity contribution in [1.29, 1.82) is 0 Å². The van der Waals surface area contributed by atoms with Crippen LogP contribution in [-0.2, 0) is 0 Å². The highest BCUT2D eigenvalue weighted by Crippen LogP contribution is 2.34. The van der Waals surface area contributed by atoms with Crippen molar-refractivity contribution in [2.24, 2.45) is 0 Å². The highest BCUT2D eigenvalue weighted by molar-refractivity contribution is 7.16. The summed E-state index contributed by atoms with van der Waals surface area (Å²) in [7, 11) is 0. The van der Waals surface area contributed by atoms with Gasteiger partial charge in [-0.1, -0.05) is 29.3 Å². The molecule has 1 heterocycles. The van der Waals surface area contributed by atoms with E-state index in [0.29, 0.717) is 14.8 Å². The molecule has 2 rings (SSSR count). The molecule has 1 N–H and O–H groups in total. The molecule has 90 valence electrons. The molecular weight excluding hydrogens is 259 g/mol. The molecule has 0 saturated carbocycles. The Balaban J connectivity index is 2.42. The first kappa shape index (κ1) is 12.6. The van der Waals surface area contributed by atoms with Crippen molar-refractivity contribution in [3.8, 4) is 0 Å². The van der Waals surface area contributed by atoms with Crippen LogP contribution in [0, 0.1) is 19.7 Å². The number of benzene rings is 1. The van der Waals surface area contributed by atoms with Crippen molar-refractivity contribution >= 4 is 22.9 Å². The molecule has 0 aliphatic heterocycles. The second kappa shape index (κ2) is 4.77. The predicted molar refractivity (Wildman–Crippen MR) is 69.3 cm³/mol. The standard InChI is InChI=1S/C13H12ClFOS/c1-7-3-4-10(15)9(5-7)12(16)11-6-8(2)13(14)17-11/h3-6,12,16H,1-2H3. The van der Waals surface area contributed by atoms with Gasteiger partial charge in [-0.3, -0.25) is 0 Å². The van der Waals surface area contributed by atoms with E-state index in [-0.39, 0.29) is 0 Å². The molecule has 0 saturated heterocycles. The van der Waals surface area contributed by atoms with Gasteiger partial charge in [-0.2, -0.15) is 0 Å². The lowest BCUT2D eigenvalue weighted by Gasteiger charge is -2.10. The molecule has 0 spiro atoms. The Morgan fingerprint density at radius 1 is 1.29 bits per heavy atom. The van der Waals surface area contributed by atoms with Crippen LogP contribution in [0.15, 0.2) is 24.3 Å². The molecule has 17 heavy (non-hydrogen) atoms. The summed E-state index contributed by atoms with van der Waals surface area (Å²) in [6.07, 6.45) is -0.953. The number of halogens is 2. The average molecular weight is 271 g/mol. The molecule has 0 aliphatic rings. The third kappa shape index (κ3) is 2.51. The highest BCUT2D eigenvalue weighted by Gasteiger charge is 2.18. The van der Waals surface area contributed by atoms with Gasteiger partial charge in [0.25, 0.3) is 0 Å². The van der Waals surface area contributed by atoms with E-state index in [1.165, 1.54) is 17.4 Å². The Morgan fingerprint density at radius 3 is 2.59 bits per heavy atom. The number of aryl methyl sites for hydroxylation is 2. The van der Waals surface area contributed by atoms with Crippen LogP contribution in [0.4, 0.5) is 4.39 Å². The van der Waals surface area contributed by atoms with Crippen LogP contribution in [0.2, 0.25) is 4.34 Å². The number of hydrogen-bond donors (Lipinski definition) is 1. The van der Waals surface area contributed by atoms with Gasteiger partial charge in [-0.25, -0.2) is 4.39 Å². The number of aliphatic hydroxyl groups is 1. The molecule has 1 nitrogen and oxygen atoms in total. The maximum Gasteiger partial charge on any atom is 0.129 e. The van der Waals surface area contributed by atoms with Gasteiger partial charge >= 0.3 is 0 Å². The zero-order chi connectivity index (χ0) is 12.6. The molecule has 0 amide bonds.